The number of rotatable bonds is 4. The summed E-state index contributed by atoms with van der Waals surface area (Å²) in [6.07, 6.45) is 5.26. The van der Waals surface area contributed by atoms with Gasteiger partial charge in [-0.2, -0.15) is 5.10 Å². The Morgan fingerprint density at radius 1 is 1.50 bits per heavy atom. The van der Waals surface area contributed by atoms with Gasteiger partial charge in [0, 0.05) is 47.7 Å². The van der Waals surface area contributed by atoms with Gasteiger partial charge in [-0.1, -0.05) is 0 Å². The molecule has 1 fully saturated rings. The topological polar surface area (TPSA) is 33.1 Å². The molecule has 1 unspecified atom stereocenters. The average Bonchev–Trinajstić information content (AvgIpc) is 3.07. The fourth-order valence-electron chi connectivity index (χ4n) is 2.56. The number of likely N-dealkylation sites (N-methyl/N-ethyl adjacent to an activating group) is 1. The minimum Gasteiger partial charge on any atom is -0.315 e. The minimum atomic E-state index is 0. The molecular weight excluding hydrogens is 292 g/mol. The molecule has 1 atom stereocenters. The van der Waals surface area contributed by atoms with Gasteiger partial charge in [-0.3, -0.25) is 9.58 Å². The maximum atomic E-state index is 4.23. The highest BCUT2D eigenvalue weighted by Crippen LogP contribution is 2.28. The van der Waals surface area contributed by atoms with E-state index in [0.29, 0.717) is 6.04 Å². The third-order valence-corrected chi connectivity index (χ3v) is 4.83. The van der Waals surface area contributed by atoms with Crippen molar-refractivity contribution in [3.63, 3.8) is 0 Å². The second-order valence-corrected chi connectivity index (χ2v) is 6.40. The van der Waals surface area contributed by atoms with E-state index in [2.05, 4.69) is 40.7 Å². The first-order chi connectivity index (χ1) is 9.22. The predicted molar refractivity (Wildman–Crippen MR) is 86.5 cm³/mol. The fourth-order valence-corrected chi connectivity index (χ4v) is 3.60. The van der Waals surface area contributed by atoms with Gasteiger partial charge in [0.05, 0.1) is 6.20 Å². The summed E-state index contributed by atoms with van der Waals surface area (Å²) >= 11 is 1.87. The first kappa shape index (κ1) is 15.5. The molecule has 3 heterocycles. The number of halogens is 1. The van der Waals surface area contributed by atoms with Gasteiger partial charge in [0.2, 0.25) is 0 Å². The molecule has 2 aromatic heterocycles. The van der Waals surface area contributed by atoms with Crippen LogP contribution in [0.15, 0.2) is 24.5 Å². The monoisotopic (exact) mass is 312 g/mol. The second-order valence-electron chi connectivity index (χ2n) is 5.23. The summed E-state index contributed by atoms with van der Waals surface area (Å²) in [4.78, 5) is 5.19. The molecule has 0 amide bonds. The molecule has 2 aromatic rings. The molecular formula is C14H21ClN4S. The Morgan fingerprint density at radius 2 is 2.35 bits per heavy atom. The van der Waals surface area contributed by atoms with Crippen LogP contribution in [0.3, 0.4) is 0 Å². The summed E-state index contributed by atoms with van der Waals surface area (Å²) < 4.78 is 1.85. The van der Waals surface area contributed by atoms with Gasteiger partial charge in [-0.25, -0.2) is 0 Å². The van der Waals surface area contributed by atoms with Crippen LogP contribution in [-0.2, 0) is 13.6 Å². The Bertz CT molecular complexity index is 545. The highest BCUT2D eigenvalue weighted by Gasteiger charge is 2.19. The van der Waals surface area contributed by atoms with Gasteiger partial charge in [0.25, 0.3) is 0 Å². The van der Waals surface area contributed by atoms with E-state index in [1.54, 1.807) is 0 Å². The molecule has 3 rings (SSSR count). The molecule has 1 saturated heterocycles. The molecule has 110 valence electrons. The van der Waals surface area contributed by atoms with E-state index < -0.39 is 0 Å². The van der Waals surface area contributed by atoms with Crippen LogP contribution in [0.5, 0.6) is 0 Å². The van der Waals surface area contributed by atoms with Crippen molar-refractivity contribution in [1.82, 2.24) is 20.0 Å². The van der Waals surface area contributed by atoms with E-state index in [9.17, 15) is 0 Å². The number of hydrogen-bond acceptors (Lipinski definition) is 4. The summed E-state index contributed by atoms with van der Waals surface area (Å²) in [7, 11) is 4.18. The first-order valence-corrected chi connectivity index (χ1v) is 7.53. The van der Waals surface area contributed by atoms with E-state index in [1.165, 1.54) is 21.7 Å². The predicted octanol–water partition coefficient (Wildman–Crippen LogP) is 2.36. The maximum Gasteiger partial charge on any atom is 0.0576 e. The lowest BCUT2D eigenvalue weighted by atomic mass is 10.2. The zero-order valence-corrected chi connectivity index (χ0v) is 13.5. The third-order valence-electron chi connectivity index (χ3n) is 3.71. The van der Waals surface area contributed by atoms with Crippen LogP contribution >= 0.6 is 23.7 Å². The number of nitrogens with one attached hydrogen (secondary N) is 1. The Balaban J connectivity index is 0.00000147. The van der Waals surface area contributed by atoms with E-state index in [4.69, 9.17) is 0 Å². The molecule has 6 heteroatoms. The second kappa shape index (κ2) is 6.72. The van der Waals surface area contributed by atoms with Crippen molar-refractivity contribution >= 4 is 23.7 Å². The summed E-state index contributed by atoms with van der Waals surface area (Å²) in [6, 6.07) is 5.13. The minimum absolute atomic E-state index is 0. The van der Waals surface area contributed by atoms with Crippen LogP contribution in [0, 0.1) is 0 Å². The third kappa shape index (κ3) is 3.41. The Hall–Kier alpha value is -0.880. The van der Waals surface area contributed by atoms with Crippen LogP contribution in [0.1, 0.15) is 11.3 Å². The molecule has 0 bridgehead atoms. The number of aryl methyl sites for hydroxylation is 1. The Kier molecular flexibility index (Phi) is 5.21. The quantitative estimate of drug-likeness (QED) is 0.941. The molecule has 20 heavy (non-hydrogen) atoms. The van der Waals surface area contributed by atoms with Crippen LogP contribution in [0.4, 0.5) is 0 Å². The smallest absolute Gasteiger partial charge is 0.0576 e. The van der Waals surface area contributed by atoms with Crippen molar-refractivity contribution in [2.24, 2.45) is 7.05 Å². The summed E-state index contributed by atoms with van der Waals surface area (Å²) in [5.74, 6) is 0. The molecule has 1 aliphatic rings. The van der Waals surface area contributed by atoms with Crippen LogP contribution < -0.4 is 5.32 Å². The summed E-state index contributed by atoms with van der Waals surface area (Å²) in [5, 5.41) is 7.65. The number of thiophene rings is 1. The zero-order chi connectivity index (χ0) is 13.2. The van der Waals surface area contributed by atoms with Gasteiger partial charge in [-0.15, -0.1) is 23.7 Å². The molecule has 1 aliphatic heterocycles. The van der Waals surface area contributed by atoms with Crippen molar-refractivity contribution in [3.8, 4) is 10.4 Å². The van der Waals surface area contributed by atoms with Gasteiger partial charge in [0.1, 0.15) is 0 Å². The highest BCUT2D eigenvalue weighted by atomic mass is 35.5. The molecule has 0 radical (unpaired) electrons. The van der Waals surface area contributed by atoms with Crippen molar-refractivity contribution in [1.29, 1.82) is 0 Å². The van der Waals surface area contributed by atoms with Crippen LogP contribution in [0.2, 0.25) is 0 Å². The van der Waals surface area contributed by atoms with Crippen LogP contribution in [-0.4, -0.2) is 40.9 Å². The summed E-state index contributed by atoms with van der Waals surface area (Å²) in [6.45, 7) is 3.31. The van der Waals surface area contributed by atoms with Gasteiger partial charge >= 0.3 is 0 Å². The Morgan fingerprint density at radius 3 is 3.00 bits per heavy atom. The van der Waals surface area contributed by atoms with Crippen LogP contribution in [0.25, 0.3) is 10.4 Å². The van der Waals surface area contributed by atoms with E-state index in [1.807, 2.05) is 29.3 Å². The first-order valence-electron chi connectivity index (χ1n) is 6.71. The molecule has 1 N–H and O–H groups in total. The fraction of sp³-hybridized carbons (Fsp3) is 0.500. The largest absolute Gasteiger partial charge is 0.315 e. The number of hydrogen-bond donors (Lipinski definition) is 1. The maximum absolute atomic E-state index is 4.23. The molecule has 4 nitrogen and oxygen atoms in total. The van der Waals surface area contributed by atoms with Crippen molar-refractivity contribution < 1.29 is 0 Å². The molecule has 0 aromatic carbocycles. The van der Waals surface area contributed by atoms with Crippen molar-refractivity contribution in [3.05, 3.63) is 29.4 Å². The molecule has 0 aliphatic carbocycles. The van der Waals surface area contributed by atoms with E-state index in [0.717, 1.165) is 19.6 Å². The highest BCUT2D eigenvalue weighted by molar-refractivity contribution is 7.15. The van der Waals surface area contributed by atoms with Gasteiger partial charge in [-0.05, 0) is 32.1 Å². The van der Waals surface area contributed by atoms with Crippen molar-refractivity contribution in [2.45, 2.75) is 19.0 Å². The average molecular weight is 313 g/mol. The summed E-state index contributed by atoms with van der Waals surface area (Å²) in [5.41, 5.74) is 1.21. The van der Waals surface area contributed by atoms with Crippen molar-refractivity contribution in [2.75, 3.05) is 20.1 Å². The van der Waals surface area contributed by atoms with E-state index in [-0.39, 0.29) is 12.4 Å². The SMILES string of the molecule is CN(Cc1ccc(-c2cnn(C)c2)s1)C1CCNC1.Cl. The van der Waals surface area contributed by atoms with Gasteiger partial charge < -0.3 is 5.32 Å². The lowest BCUT2D eigenvalue weighted by molar-refractivity contribution is 0.251. The van der Waals surface area contributed by atoms with E-state index >= 15 is 0 Å². The molecule has 0 saturated carbocycles. The Labute approximate surface area is 130 Å². The number of nitrogens with zero attached hydrogens (tertiary/aromatic N) is 3. The molecule has 0 spiro atoms. The zero-order valence-electron chi connectivity index (χ0n) is 11.9. The lowest BCUT2D eigenvalue weighted by Gasteiger charge is -2.22. The number of aromatic nitrogens is 2. The van der Waals surface area contributed by atoms with Gasteiger partial charge in [0.15, 0.2) is 0 Å². The standard InChI is InChI=1S/C14H20N4S.ClH/c1-17(12-5-6-15-8-12)10-13-3-4-14(19-13)11-7-16-18(2)9-11;/h3-4,7,9,12,15H,5-6,8,10H2,1-2H3;1H. The lowest BCUT2D eigenvalue weighted by Crippen LogP contribution is -2.32. The normalized spacial score (nSPS) is 18.4.